The number of nitrogens with two attached hydrogens (primary N) is 2. The molecule has 0 aliphatic carbocycles. The van der Waals surface area contributed by atoms with Crippen LogP contribution in [-0.4, -0.2) is 10.9 Å². The summed E-state index contributed by atoms with van der Waals surface area (Å²) in [7, 11) is 0. The number of hydrogen-bond donors (Lipinski definition) is 2. The van der Waals surface area contributed by atoms with Gasteiger partial charge in [-0.15, -0.1) is 0 Å². The predicted molar refractivity (Wildman–Crippen MR) is 47.1 cm³/mol. The molecule has 76 valence electrons. The molecule has 0 aliphatic rings. The van der Waals surface area contributed by atoms with Gasteiger partial charge in [-0.2, -0.15) is 0 Å². The van der Waals surface area contributed by atoms with E-state index in [9.17, 15) is 13.6 Å². The van der Waals surface area contributed by atoms with E-state index in [1.807, 2.05) is 0 Å². The molecule has 1 aromatic rings. The molecule has 0 saturated carbocycles. The molecule has 1 heterocycles. The Morgan fingerprint density at radius 1 is 1.57 bits per heavy atom. The second kappa shape index (κ2) is 3.75. The average molecular weight is 222 g/mol. The molecule has 0 fully saturated rings. The van der Waals surface area contributed by atoms with E-state index in [1.165, 1.54) is 0 Å². The van der Waals surface area contributed by atoms with Gasteiger partial charge >= 0.3 is 0 Å². The van der Waals surface area contributed by atoms with Gasteiger partial charge < -0.3 is 11.5 Å². The predicted octanol–water partition coefficient (Wildman–Crippen LogP) is 1.35. The van der Waals surface area contributed by atoms with Crippen molar-refractivity contribution in [1.29, 1.82) is 0 Å². The molecule has 1 aromatic heterocycles. The number of primary amides is 1. The minimum Gasteiger partial charge on any atom is -0.398 e. The van der Waals surface area contributed by atoms with Crippen molar-refractivity contribution in [3.8, 4) is 0 Å². The van der Waals surface area contributed by atoms with E-state index in [0.29, 0.717) is 0 Å². The first-order valence-corrected chi connectivity index (χ1v) is 3.85. The van der Waals surface area contributed by atoms with Gasteiger partial charge in [0.15, 0.2) is 0 Å². The summed E-state index contributed by atoms with van der Waals surface area (Å²) in [6, 6.07) is 0.872. The van der Waals surface area contributed by atoms with Crippen molar-refractivity contribution in [2.24, 2.45) is 5.73 Å². The maximum atomic E-state index is 12.2. The van der Waals surface area contributed by atoms with Gasteiger partial charge in [0.1, 0.15) is 10.8 Å². The maximum absolute atomic E-state index is 12.2. The normalized spacial score (nSPS) is 10.6. The Kier molecular flexibility index (Phi) is 2.85. The lowest BCUT2D eigenvalue weighted by molar-refractivity contribution is 0.1000. The number of nitrogens with zero attached hydrogens (tertiary/aromatic N) is 1. The number of nitrogen functional groups attached to an aromatic ring is 1. The highest BCUT2D eigenvalue weighted by atomic mass is 35.5. The fraction of sp³-hybridized carbons (Fsp3) is 0.143. The van der Waals surface area contributed by atoms with Crippen LogP contribution >= 0.6 is 11.6 Å². The molecule has 0 aliphatic heterocycles. The Balaban J connectivity index is 3.32. The van der Waals surface area contributed by atoms with Crippen LogP contribution in [0.3, 0.4) is 0 Å². The Bertz CT molecular complexity index is 360. The van der Waals surface area contributed by atoms with Crippen molar-refractivity contribution >= 4 is 23.2 Å². The number of halogens is 3. The molecule has 4 nitrogen and oxygen atoms in total. The van der Waals surface area contributed by atoms with E-state index in [-0.39, 0.29) is 11.3 Å². The van der Waals surface area contributed by atoms with Gasteiger partial charge in [0.2, 0.25) is 0 Å². The van der Waals surface area contributed by atoms with E-state index < -0.39 is 23.2 Å². The standard InChI is InChI=1S/C7H6ClF2N3O/c8-5-4(7(12)14)2(11)1-3(13-5)6(9)10/h1,6H,(H2,11,13)(H2,12,14). The molecule has 0 atom stereocenters. The van der Waals surface area contributed by atoms with E-state index >= 15 is 0 Å². The van der Waals surface area contributed by atoms with Crippen LogP contribution < -0.4 is 11.5 Å². The van der Waals surface area contributed by atoms with Crippen LogP contribution in [0.1, 0.15) is 22.5 Å². The molecule has 1 amide bonds. The van der Waals surface area contributed by atoms with Gasteiger partial charge in [0.05, 0.1) is 5.56 Å². The Hall–Kier alpha value is -1.43. The first-order chi connectivity index (χ1) is 6.43. The average Bonchev–Trinajstić information content (AvgIpc) is 2.01. The fourth-order valence-corrected chi connectivity index (χ4v) is 1.21. The molecule has 0 aromatic carbocycles. The summed E-state index contributed by atoms with van der Waals surface area (Å²) in [4.78, 5) is 14.0. The summed E-state index contributed by atoms with van der Waals surface area (Å²) in [5.74, 6) is -0.902. The molecule has 14 heavy (non-hydrogen) atoms. The van der Waals surface area contributed by atoms with Crippen molar-refractivity contribution in [3.63, 3.8) is 0 Å². The number of rotatable bonds is 2. The molecule has 4 N–H and O–H groups in total. The second-order valence-electron chi connectivity index (χ2n) is 2.47. The number of carbonyl (C=O) groups excluding carboxylic acids is 1. The van der Waals surface area contributed by atoms with Gasteiger partial charge in [-0.05, 0) is 6.07 Å². The summed E-state index contributed by atoms with van der Waals surface area (Å²) >= 11 is 5.45. The van der Waals surface area contributed by atoms with Gasteiger partial charge in [0.25, 0.3) is 12.3 Å². The fourth-order valence-electron chi connectivity index (χ4n) is 0.908. The number of carbonyl (C=O) groups is 1. The zero-order chi connectivity index (χ0) is 10.9. The number of anilines is 1. The first-order valence-electron chi connectivity index (χ1n) is 3.47. The van der Waals surface area contributed by atoms with Gasteiger partial charge in [-0.3, -0.25) is 4.79 Å². The molecule has 0 radical (unpaired) electrons. The first kappa shape index (κ1) is 10.6. The summed E-state index contributed by atoms with van der Waals surface area (Å²) in [5, 5.41) is -0.409. The third kappa shape index (κ3) is 1.90. The number of pyridine rings is 1. The zero-order valence-corrected chi connectivity index (χ0v) is 7.55. The summed E-state index contributed by atoms with van der Waals surface area (Å²) in [6.45, 7) is 0. The van der Waals surface area contributed by atoms with E-state index in [2.05, 4.69) is 4.98 Å². The smallest absolute Gasteiger partial charge is 0.280 e. The molecule has 7 heteroatoms. The van der Waals surface area contributed by atoms with Gasteiger partial charge in [-0.25, -0.2) is 13.8 Å². The van der Waals surface area contributed by atoms with Crippen LogP contribution in [-0.2, 0) is 0 Å². The molecule has 1 rings (SSSR count). The quantitative estimate of drug-likeness (QED) is 0.740. The van der Waals surface area contributed by atoms with Crippen LogP contribution in [0.25, 0.3) is 0 Å². The minimum atomic E-state index is -2.79. The highest BCUT2D eigenvalue weighted by molar-refractivity contribution is 6.33. The van der Waals surface area contributed by atoms with Crippen LogP contribution in [0.5, 0.6) is 0 Å². The van der Waals surface area contributed by atoms with Crippen molar-refractivity contribution in [2.45, 2.75) is 6.43 Å². The van der Waals surface area contributed by atoms with Crippen molar-refractivity contribution in [1.82, 2.24) is 4.98 Å². The lowest BCUT2D eigenvalue weighted by atomic mass is 10.2. The Labute approximate surface area is 82.9 Å². The largest absolute Gasteiger partial charge is 0.398 e. The minimum absolute atomic E-state index is 0.201. The van der Waals surface area contributed by atoms with Gasteiger partial charge in [0, 0.05) is 5.69 Å². The second-order valence-corrected chi connectivity index (χ2v) is 2.83. The maximum Gasteiger partial charge on any atom is 0.280 e. The SMILES string of the molecule is NC(=O)c1c(N)cc(C(F)F)nc1Cl. The van der Waals surface area contributed by atoms with Crippen molar-refractivity contribution in [3.05, 3.63) is 22.5 Å². The van der Waals surface area contributed by atoms with E-state index in [1.54, 1.807) is 0 Å². The van der Waals surface area contributed by atoms with E-state index in [4.69, 9.17) is 23.1 Å². The lowest BCUT2D eigenvalue weighted by Gasteiger charge is -2.06. The van der Waals surface area contributed by atoms with Crippen LogP contribution in [0, 0.1) is 0 Å². The molecule has 0 spiro atoms. The van der Waals surface area contributed by atoms with Gasteiger partial charge in [-0.1, -0.05) is 11.6 Å². The molecule has 0 unspecified atom stereocenters. The summed E-state index contributed by atoms with van der Waals surface area (Å²) < 4.78 is 24.3. The van der Waals surface area contributed by atoms with Crippen LogP contribution in [0.2, 0.25) is 5.15 Å². The van der Waals surface area contributed by atoms with Crippen LogP contribution in [0.4, 0.5) is 14.5 Å². The number of alkyl halides is 2. The number of amides is 1. The van der Waals surface area contributed by atoms with Crippen LogP contribution in [0.15, 0.2) is 6.07 Å². The highest BCUT2D eigenvalue weighted by Gasteiger charge is 2.17. The summed E-state index contributed by atoms with van der Waals surface area (Å²) in [6.07, 6.45) is -2.79. The molecule has 0 saturated heterocycles. The number of aromatic nitrogens is 1. The Morgan fingerprint density at radius 3 is 2.50 bits per heavy atom. The third-order valence-corrected chi connectivity index (χ3v) is 1.77. The molecular weight excluding hydrogens is 216 g/mol. The van der Waals surface area contributed by atoms with Crippen molar-refractivity contribution < 1.29 is 13.6 Å². The molecular formula is C7H6ClF2N3O. The lowest BCUT2D eigenvalue weighted by Crippen LogP contribution is -2.15. The third-order valence-electron chi connectivity index (χ3n) is 1.50. The summed E-state index contributed by atoms with van der Waals surface area (Å²) in [5.41, 5.74) is 9.19. The topological polar surface area (TPSA) is 82.0 Å². The van der Waals surface area contributed by atoms with E-state index in [0.717, 1.165) is 6.07 Å². The number of hydrogen-bond acceptors (Lipinski definition) is 3. The van der Waals surface area contributed by atoms with Crippen molar-refractivity contribution in [2.75, 3.05) is 5.73 Å². The Morgan fingerprint density at radius 2 is 2.14 bits per heavy atom. The monoisotopic (exact) mass is 221 g/mol. The molecule has 0 bridgehead atoms. The zero-order valence-electron chi connectivity index (χ0n) is 6.80. The highest BCUT2D eigenvalue weighted by Crippen LogP contribution is 2.25.